The van der Waals surface area contributed by atoms with Crippen LogP contribution in [0, 0.1) is 0 Å². The van der Waals surface area contributed by atoms with Gasteiger partial charge in [0, 0.05) is 0 Å². The molecule has 0 bridgehead atoms. The fourth-order valence-corrected chi connectivity index (χ4v) is 3.89. The Morgan fingerprint density at radius 2 is 2.05 bits per heavy atom. The molecule has 5 N–H and O–H groups in total. The van der Waals surface area contributed by atoms with Crippen LogP contribution < -0.4 is 10.5 Å². The molecule has 0 spiro atoms. The minimum Gasteiger partial charge on any atom is -0.409 e. The van der Waals surface area contributed by atoms with Gasteiger partial charge >= 0.3 is 0 Å². The molecule has 0 aromatic carbocycles. The lowest BCUT2D eigenvalue weighted by Crippen LogP contribution is -2.57. The van der Waals surface area contributed by atoms with Gasteiger partial charge in [0.25, 0.3) is 10.0 Å². The molecule has 1 fully saturated rings. The number of oxime groups is 1. The summed E-state index contributed by atoms with van der Waals surface area (Å²) in [5.41, 5.74) is 4.73. The predicted molar refractivity (Wildman–Crippen MR) is 72.8 cm³/mol. The van der Waals surface area contributed by atoms with Crippen LogP contribution in [-0.4, -0.2) is 35.2 Å². The van der Waals surface area contributed by atoms with Crippen molar-refractivity contribution in [2.45, 2.75) is 49.1 Å². The minimum atomic E-state index is -3.79. The van der Waals surface area contributed by atoms with Gasteiger partial charge in [-0.1, -0.05) is 30.8 Å². The van der Waals surface area contributed by atoms with E-state index in [0.717, 1.165) is 25.7 Å². The van der Waals surface area contributed by atoms with Gasteiger partial charge in [0.2, 0.25) is 0 Å². The number of hydrogen-bond acceptors (Lipinski definition) is 5. The molecule has 0 amide bonds. The molecule has 9 heteroatoms. The third-order valence-corrected chi connectivity index (χ3v) is 5.12. The number of H-pyrrole nitrogens is 1. The van der Waals surface area contributed by atoms with Crippen LogP contribution in [0.25, 0.3) is 0 Å². The van der Waals surface area contributed by atoms with Gasteiger partial charge in [-0.3, -0.25) is 5.10 Å². The van der Waals surface area contributed by atoms with E-state index in [1.165, 1.54) is 12.3 Å². The summed E-state index contributed by atoms with van der Waals surface area (Å²) in [6.07, 6.45) is 6.03. The molecule has 1 heterocycles. The van der Waals surface area contributed by atoms with Crippen LogP contribution in [0.4, 0.5) is 0 Å². The lowest BCUT2D eigenvalue weighted by molar-refractivity contribution is 0.306. The summed E-state index contributed by atoms with van der Waals surface area (Å²) in [6.45, 7) is 0. The maximum atomic E-state index is 12.3. The second-order valence-corrected chi connectivity index (χ2v) is 6.66. The van der Waals surface area contributed by atoms with Crippen molar-refractivity contribution in [3.63, 3.8) is 0 Å². The van der Waals surface area contributed by atoms with Crippen molar-refractivity contribution in [2.24, 2.45) is 10.9 Å². The van der Waals surface area contributed by atoms with E-state index in [1.807, 2.05) is 0 Å². The molecule has 8 nitrogen and oxygen atoms in total. The summed E-state index contributed by atoms with van der Waals surface area (Å²) in [4.78, 5) is 0. The van der Waals surface area contributed by atoms with Crippen LogP contribution in [0.5, 0.6) is 0 Å². The van der Waals surface area contributed by atoms with Gasteiger partial charge in [-0.2, -0.15) is 9.82 Å². The third kappa shape index (κ3) is 2.93. The maximum absolute atomic E-state index is 12.3. The molecule has 1 aromatic rings. The molecular formula is C11H19N5O3S. The fourth-order valence-electron chi connectivity index (χ4n) is 2.54. The van der Waals surface area contributed by atoms with Crippen LogP contribution in [0.2, 0.25) is 0 Å². The average Bonchev–Trinajstić information content (AvgIpc) is 2.87. The van der Waals surface area contributed by atoms with Gasteiger partial charge in [0.05, 0.1) is 11.7 Å². The summed E-state index contributed by atoms with van der Waals surface area (Å²) in [5.74, 6) is -0.0949. The highest BCUT2D eigenvalue weighted by atomic mass is 32.2. The van der Waals surface area contributed by atoms with E-state index in [-0.39, 0.29) is 10.9 Å². The van der Waals surface area contributed by atoms with Crippen LogP contribution >= 0.6 is 0 Å². The SMILES string of the molecule is NC(=NO)C1(NS(=O)(=O)c2ccn[nH]2)CCCCCC1. The van der Waals surface area contributed by atoms with Gasteiger partial charge < -0.3 is 10.9 Å². The monoisotopic (exact) mass is 301 g/mol. The Bertz CT molecular complexity index is 559. The fraction of sp³-hybridized carbons (Fsp3) is 0.636. The Morgan fingerprint density at radius 3 is 2.55 bits per heavy atom. The molecule has 1 saturated carbocycles. The summed E-state index contributed by atoms with van der Waals surface area (Å²) >= 11 is 0. The van der Waals surface area contributed by atoms with E-state index in [4.69, 9.17) is 10.9 Å². The summed E-state index contributed by atoms with van der Waals surface area (Å²) in [5, 5.41) is 18.0. The smallest absolute Gasteiger partial charge is 0.258 e. The largest absolute Gasteiger partial charge is 0.409 e. The first-order chi connectivity index (χ1) is 9.50. The minimum absolute atomic E-state index is 0.0353. The van der Waals surface area contributed by atoms with Gasteiger partial charge in [-0.15, -0.1) is 0 Å². The summed E-state index contributed by atoms with van der Waals surface area (Å²) in [7, 11) is -3.79. The first kappa shape index (κ1) is 14.8. The van der Waals surface area contributed by atoms with Crippen LogP contribution in [0.1, 0.15) is 38.5 Å². The molecule has 1 aromatic heterocycles. The number of amidine groups is 1. The van der Waals surface area contributed by atoms with Gasteiger partial charge in [-0.05, 0) is 18.9 Å². The first-order valence-electron chi connectivity index (χ1n) is 6.51. The zero-order valence-corrected chi connectivity index (χ0v) is 11.9. The van der Waals surface area contributed by atoms with Crippen molar-refractivity contribution in [2.75, 3.05) is 0 Å². The van der Waals surface area contributed by atoms with Crippen LogP contribution in [-0.2, 0) is 10.0 Å². The van der Waals surface area contributed by atoms with Crippen molar-refractivity contribution in [1.29, 1.82) is 0 Å². The number of nitrogens with one attached hydrogen (secondary N) is 2. The summed E-state index contributed by atoms with van der Waals surface area (Å²) in [6, 6.07) is 1.36. The van der Waals surface area contributed by atoms with E-state index in [1.54, 1.807) is 0 Å². The topological polar surface area (TPSA) is 133 Å². The molecule has 0 atom stereocenters. The standard InChI is InChI=1S/C11H19N5O3S/c12-10(15-17)11(6-3-1-2-4-7-11)16-20(18,19)9-5-8-13-14-9/h5,8,16-17H,1-4,6-7H2,(H2,12,15)(H,13,14). The van der Waals surface area contributed by atoms with Crippen molar-refractivity contribution >= 4 is 15.9 Å². The van der Waals surface area contributed by atoms with Crippen molar-refractivity contribution < 1.29 is 13.6 Å². The van der Waals surface area contributed by atoms with E-state index in [0.29, 0.717) is 12.8 Å². The number of nitrogens with zero attached hydrogens (tertiary/aromatic N) is 2. The molecule has 112 valence electrons. The van der Waals surface area contributed by atoms with Gasteiger partial charge in [0.15, 0.2) is 10.9 Å². The summed E-state index contributed by atoms with van der Waals surface area (Å²) < 4.78 is 27.2. The Balaban J connectivity index is 2.33. The lowest BCUT2D eigenvalue weighted by Gasteiger charge is -2.31. The second-order valence-electron chi connectivity index (χ2n) is 5.01. The van der Waals surface area contributed by atoms with E-state index in [2.05, 4.69) is 20.1 Å². The number of nitrogens with two attached hydrogens (primary N) is 1. The molecule has 2 rings (SSSR count). The zero-order chi connectivity index (χ0) is 14.6. The second kappa shape index (κ2) is 5.80. The van der Waals surface area contributed by atoms with Crippen LogP contribution in [0.3, 0.4) is 0 Å². The predicted octanol–water partition coefficient (Wildman–Crippen LogP) is 0.527. The Kier molecular flexibility index (Phi) is 4.29. The Morgan fingerprint density at radius 1 is 1.40 bits per heavy atom. The number of sulfonamides is 1. The quantitative estimate of drug-likeness (QED) is 0.211. The molecular weight excluding hydrogens is 282 g/mol. The molecule has 20 heavy (non-hydrogen) atoms. The molecule has 1 aliphatic carbocycles. The first-order valence-corrected chi connectivity index (χ1v) is 8.00. The highest BCUT2D eigenvalue weighted by molar-refractivity contribution is 7.89. The normalized spacial score (nSPS) is 20.5. The van der Waals surface area contributed by atoms with Crippen molar-refractivity contribution in [3.05, 3.63) is 12.3 Å². The highest BCUT2D eigenvalue weighted by Crippen LogP contribution is 2.29. The molecule has 1 aliphatic rings. The van der Waals surface area contributed by atoms with E-state index >= 15 is 0 Å². The third-order valence-electron chi connectivity index (χ3n) is 3.65. The zero-order valence-electron chi connectivity index (χ0n) is 11.0. The Labute approximate surface area is 117 Å². The molecule has 0 radical (unpaired) electrons. The van der Waals surface area contributed by atoms with Gasteiger partial charge in [0.1, 0.15) is 0 Å². The average molecular weight is 301 g/mol. The molecule has 0 aliphatic heterocycles. The van der Waals surface area contributed by atoms with E-state index in [9.17, 15) is 8.42 Å². The van der Waals surface area contributed by atoms with E-state index < -0.39 is 15.6 Å². The Hall–Kier alpha value is -1.61. The number of hydrogen-bond donors (Lipinski definition) is 4. The number of aromatic nitrogens is 2. The lowest BCUT2D eigenvalue weighted by atomic mass is 9.90. The highest BCUT2D eigenvalue weighted by Gasteiger charge is 2.40. The van der Waals surface area contributed by atoms with Crippen molar-refractivity contribution in [1.82, 2.24) is 14.9 Å². The van der Waals surface area contributed by atoms with Crippen molar-refractivity contribution in [3.8, 4) is 0 Å². The van der Waals surface area contributed by atoms with Gasteiger partial charge in [-0.25, -0.2) is 8.42 Å². The number of rotatable bonds is 4. The molecule has 0 unspecified atom stereocenters. The number of aromatic amines is 1. The maximum Gasteiger partial charge on any atom is 0.258 e. The van der Waals surface area contributed by atoms with Crippen LogP contribution in [0.15, 0.2) is 22.4 Å². The molecule has 0 saturated heterocycles.